The fourth-order valence-electron chi connectivity index (χ4n) is 3.49. The first-order chi connectivity index (χ1) is 14.2. The lowest BCUT2D eigenvalue weighted by Gasteiger charge is -2.34. The van der Waals surface area contributed by atoms with E-state index in [4.69, 9.17) is 14.5 Å². The van der Waals surface area contributed by atoms with Gasteiger partial charge in [0.1, 0.15) is 0 Å². The van der Waals surface area contributed by atoms with Gasteiger partial charge in [0.25, 0.3) is 0 Å². The molecule has 0 aromatic heterocycles. The average Bonchev–Trinajstić information content (AvgIpc) is 2.77. The van der Waals surface area contributed by atoms with Crippen LogP contribution in [-0.4, -0.2) is 82.3 Å². The summed E-state index contributed by atoms with van der Waals surface area (Å²) in [5.74, 6) is 2.33. The van der Waals surface area contributed by atoms with E-state index in [0.717, 1.165) is 42.5 Å². The molecule has 2 rings (SSSR count). The van der Waals surface area contributed by atoms with Gasteiger partial charge in [-0.15, -0.1) is 24.0 Å². The van der Waals surface area contributed by atoms with Crippen LogP contribution < -0.4 is 20.1 Å². The molecule has 1 aliphatic heterocycles. The van der Waals surface area contributed by atoms with Crippen molar-refractivity contribution in [1.29, 1.82) is 0 Å². The molecule has 0 aliphatic carbocycles. The Kier molecular flexibility index (Phi) is 13.9. The Balaban J connectivity index is 0.00000450. The average molecular weight is 533 g/mol. The summed E-state index contributed by atoms with van der Waals surface area (Å²) in [4.78, 5) is 9.81. The second-order valence-corrected chi connectivity index (χ2v) is 7.29. The molecule has 0 saturated carbocycles. The summed E-state index contributed by atoms with van der Waals surface area (Å²) in [7, 11) is 3.30. The topological polar surface area (TPSA) is 61.4 Å². The maximum absolute atomic E-state index is 5.37. The molecule has 1 aliphatic rings. The number of benzene rings is 1. The summed E-state index contributed by atoms with van der Waals surface area (Å²) in [6.07, 6.45) is 2.36. The second-order valence-electron chi connectivity index (χ2n) is 7.29. The molecule has 1 heterocycles. The van der Waals surface area contributed by atoms with Gasteiger partial charge in [0, 0.05) is 39.3 Å². The van der Waals surface area contributed by atoms with Gasteiger partial charge in [0.2, 0.25) is 0 Å². The number of ether oxygens (including phenoxy) is 2. The van der Waals surface area contributed by atoms with Crippen molar-refractivity contribution in [2.45, 2.75) is 33.2 Å². The quantitative estimate of drug-likeness (QED) is 0.198. The summed E-state index contributed by atoms with van der Waals surface area (Å²) in [5.41, 5.74) is 1.09. The number of aliphatic imine (C=N–C) groups is 1. The number of halogens is 1. The van der Waals surface area contributed by atoms with Crippen LogP contribution in [0.5, 0.6) is 11.5 Å². The first kappa shape index (κ1) is 26.8. The van der Waals surface area contributed by atoms with E-state index in [1.54, 1.807) is 14.2 Å². The zero-order chi connectivity index (χ0) is 20.9. The summed E-state index contributed by atoms with van der Waals surface area (Å²) < 4.78 is 10.7. The zero-order valence-corrected chi connectivity index (χ0v) is 21.4. The lowest BCUT2D eigenvalue weighted by Crippen LogP contribution is -2.46. The van der Waals surface area contributed by atoms with Gasteiger partial charge < -0.3 is 29.9 Å². The molecule has 7 nitrogen and oxygen atoms in total. The van der Waals surface area contributed by atoms with Crippen molar-refractivity contribution in [3.63, 3.8) is 0 Å². The normalized spacial score (nSPS) is 15.4. The molecular formula is C22H40IN5O2. The van der Waals surface area contributed by atoms with E-state index in [9.17, 15) is 0 Å². The number of methoxy groups -OCH3 is 2. The van der Waals surface area contributed by atoms with Crippen LogP contribution in [0.25, 0.3) is 0 Å². The number of hydrogen-bond acceptors (Lipinski definition) is 5. The third-order valence-corrected chi connectivity index (χ3v) is 5.32. The molecule has 30 heavy (non-hydrogen) atoms. The van der Waals surface area contributed by atoms with Crippen LogP contribution in [0.4, 0.5) is 0 Å². The standard InChI is InChI=1S/C22H39N5O2.HI/c1-5-23-22(25-18-19-9-10-20(28-3)21(17-19)29-4)24-11-7-8-12-27-15-13-26(6-2)14-16-27;/h9-10,17H,5-8,11-16,18H2,1-4H3,(H2,23,24,25);1H. The SMILES string of the molecule is CCNC(=NCc1ccc(OC)c(OC)c1)NCCCCN1CCN(CC)CC1.I. The Labute approximate surface area is 199 Å². The maximum Gasteiger partial charge on any atom is 0.191 e. The van der Waals surface area contributed by atoms with E-state index in [0.29, 0.717) is 6.54 Å². The van der Waals surface area contributed by atoms with E-state index in [2.05, 4.69) is 34.3 Å². The minimum Gasteiger partial charge on any atom is -0.493 e. The molecule has 172 valence electrons. The number of guanidine groups is 1. The van der Waals surface area contributed by atoms with Gasteiger partial charge in [0.05, 0.1) is 20.8 Å². The van der Waals surface area contributed by atoms with Gasteiger partial charge >= 0.3 is 0 Å². The minimum atomic E-state index is 0. The molecule has 0 amide bonds. The van der Waals surface area contributed by atoms with Crippen LogP contribution in [0, 0.1) is 0 Å². The lowest BCUT2D eigenvalue weighted by atomic mass is 10.2. The molecule has 1 saturated heterocycles. The molecular weight excluding hydrogens is 493 g/mol. The zero-order valence-electron chi connectivity index (χ0n) is 19.1. The Bertz CT molecular complexity index is 622. The highest BCUT2D eigenvalue weighted by atomic mass is 127. The largest absolute Gasteiger partial charge is 0.493 e. The monoisotopic (exact) mass is 533 g/mol. The Morgan fingerprint density at radius 2 is 1.67 bits per heavy atom. The summed E-state index contributed by atoms with van der Waals surface area (Å²) in [6, 6.07) is 5.92. The molecule has 1 aromatic rings. The number of nitrogens with zero attached hydrogens (tertiary/aromatic N) is 3. The van der Waals surface area contributed by atoms with Crippen molar-refractivity contribution in [3.8, 4) is 11.5 Å². The van der Waals surface area contributed by atoms with Gasteiger partial charge in [-0.3, -0.25) is 0 Å². The molecule has 0 spiro atoms. The number of hydrogen-bond donors (Lipinski definition) is 2. The predicted molar refractivity (Wildman–Crippen MR) is 136 cm³/mol. The smallest absolute Gasteiger partial charge is 0.191 e. The van der Waals surface area contributed by atoms with Crippen LogP contribution in [0.15, 0.2) is 23.2 Å². The predicted octanol–water partition coefficient (Wildman–Crippen LogP) is 2.79. The summed E-state index contributed by atoms with van der Waals surface area (Å²) >= 11 is 0. The minimum absolute atomic E-state index is 0. The van der Waals surface area contributed by atoms with E-state index in [1.807, 2.05) is 18.2 Å². The highest BCUT2D eigenvalue weighted by molar-refractivity contribution is 14.0. The number of likely N-dealkylation sites (N-methyl/N-ethyl adjacent to an activating group) is 1. The fraction of sp³-hybridized carbons (Fsp3) is 0.682. The molecule has 1 aromatic carbocycles. The van der Waals surface area contributed by atoms with Crippen LogP contribution in [0.1, 0.15) is 32.3 Å². The number of unbranched alkanes of at least 4 members (excludes halogenated alkanes) is 1. The highest BCUT2D eigenvalue weighted by Crippen LogP contribution is 2.27. The summed E-state index contributed by atoms with van der Waals surface area (Å²) in [5, 5.41) is 6.77. The van der Waals surface area contributed by atoms with Crippen LogP contribution in [0.2, 0.25) is 0 Å². The second kappa shape index (κ2) is 15.5. The van der Waals surface area contributed by atoms with E-state index < -0.39 is 0 Å². The first-order valence-electron chi connectivity index (χ1n) is 10.9. The van der Waals surface area contributed by atoms with Crippen molar-refractivity contribution in [2.24, 2.45) is 4.99 Å². The van der Waals surface area contributed by atoms with E-state index >= 15 is 0 Å². The Hall–Kier alpha value is -1.26. The molecule has 2 N–H and O–H groups in total. The lowest BCUT2D eigenvalue weighted by molar-refractivity contribution is 0.136. The van der Waals surface area contributed by atoms with Crippen LogP contribution >= 0.6 is 24.0 Å². The Morgan fingerprint density at radius 1 is 0.967 bits per heavy atom. The number of piperazine rings is 1. The van der Waals surface area contributed by atoms with Crippen molar-refractivity contribution >= 4 is 29.9 Å². The van der Waals surface area contributed by atoms with Gasteiger partial charge in [-0.25, -0.2) is 4.99 Å². The third kappa shape index (κ3) is 9.26. The number of nitrogens with one attached hydrogen (secondary N) is 2. The molecule has 0 atom stereocenters. The van der Waals surface area contributed by atoms with Crippen LogP contribution in [0.3, 0.4) is 0 Å². The van der Waals surface area contributed by atoms with Crippen molar-refractivity contribution in [2.75, 3.05) is 66.6 Å². The first-order valence-corrected chi connectivity index (χ1v) is 10.9. The van der Waals surface area contributed by atoms with E-state index in [-0.39, 0.29) is 24.0 Å². The van der Waals surface area contributed by atoms with E-state index in [1.165, 1.54) is 45.7 Å². The summed E-state index contributed by atoms with van der Waals surface area (Å²) in [6.45, 7) is 13.9. The number of rotatable bonds is 11. The Morgan fingerprint density at radius 3 is 2.30 bits per heavy atom. The third-order valence-electron chi connectivity index (χ3n) is 5.32. The maximum atomic E-state index is 5.37. The van der Waals surface area contributed by atoms with Gasteiger partial charge in [-0.2, -0.15) is 0 Å². The molecule has 1 fully saturated rings. The molecule has 8 heteroatoms. The molecule has 0 bridgehead atoms. The van der Waals surface area contributed by atoms with Crippen molar-refractivity contribution < 1.29 is 9.47 Å². The fourth-order valence-corrected chi connectivity index (χ4v) is 3.49. The highest BCUT2D eigenvalue weighted by Gasteiger charge is 2.14. The van der Waals surface area contributed by atoms with Gasteiger partial charge in [0.15, 0.2) is 17.5 Å². The molecule has 0 unspecified atom stereocenters. The molecule has 0 radical (unpaired) electrons. The van der Waals surface area contributed by atoms with Gasteiger partial charge in [-0.1, -0.05) is 13.0 Å². The van der Waals surface area contributed by atoms with Crippen LogP contribution in [-0.2, 0) is 6.54 Å². The van der Waals surface area contributed by atoms with Crippen molar-refractivity contribution in [3.05, 3.63) is 23.8 Å². The van der Waals surface area contributed by atoms with Gasteiger partial charge in [-0.05, 0) is 50.6 Å². The van der Waals surface area contributed by atoms with Crippen molar-refractivity contribution in [1.82, 2.24) is 20.4 Å².